The van der Waals surface area contributed by atoms with E-state index in [9.17, 15) is 0 Å². The molecule has 0 aliphatic heterocycles. The second-order valence-corrected chi connectivity index (χ2v) is 8.04. The van der Waals surface area contributed by atoms with Gasteiger partial charge >= 0.3 is 0 Å². The van der Waals surface area contributed by atoms with Crippen molar-refractivity contribution in [2.45, 2.75) is 20.4 Å². The third kappa shape index (κ3) is 3.67. The van der Waals surface area contributed by atoms with E-state index in [4.69, 9.17) is 5.10 Å². The van der Waals surface area contributed by atoms with E-state index in [0.29, 0.717) is 6.54 Å². The summed E-state index contributed by atoms with van der Waals surface area (Å²) in [6.45, 7) is 4.66. The van der Waals surface area contributed by atoms with Crippen molar-refractivity contribution in [3.05, 3.63) is 83.3 Å². The van der Waals surface area contributed by atoms with E-state index >= 15 is 0 Å². The monoisotopic (exact) mass is 412 g/mol. The number of aromatic nitrogens is 5. The molecule has 5 rings (SSSR count). The summed E-state index contributed by atoms with van der Waals surface area (Å²) in [5.74, 6) is 1.59. The molecule has 1 aromatic carbocycles. The molecule has 6 nitrogen and oxygen atoms in total. The van der Waals surface area contributed by atoms with E-state index in [1.807, 2.05) is 54.5 Å². The predicted octanol–water partition coefficient (Wildman–Crippen LogP) is 5.17. The van der Waals surface area contributed by atoms with Gasteiger partial charge in [0.25, 0.3) is 0 Å². The van der Waals surface area contributed by atoms with Gasteiger partial charge in [-0.25, -0.2) is 14.6 Å². The van der Waals surface area contributed by atoms with Crippen LogP contribution in [0.15, 0.2) is 66.3 Å². The van der Waals surface area contributed by atoms with Gasteiger partial charge in [-0.05, 0) is 55.8 Å². The lowest BCUT2D eigenvalue weighted by Crippen LogP contribution is -2.04. The first-order valence-corrected chi connectivity index (χ1v) is 10.6. The number of hydrogen-bond acceptors (Lipinski definition) is 6. The molecule has 148 valence electrons. The second-order valence-electron chi connectivity index (χ2n) is 7.16. The molecule has 4 heterocycles. The topological polar surface area (TPSA) is 68.5 Å². The van der Waals surface area contributed by atoms with E-state index in [1.165, 1.54) is 5.56 Å². The van der Waals surface area contributed by atoms with Gasteiger partial charge in [-0.15, -0.1) is 16.4 Å². The Hall–Kier alpha value is -3.58. The molecule has 0 fully saturated rings. The number of pyridine rings is 2. The van der Waals surface area contributed by atoms with Crippen molar-refractivity contribution in [1.82, 2.24) is 24.7 Å². The number of anilines is 1. The molecule has 0 aliphatic carbocycles. The molecule has 1 N–H and O–H groups in total. The Morgan fingerprint density at radius 3 is 2.77 bits per heavy atom. The highest BCUT2D eigenvalue weighted by Gasteiger charge is 2.14. The summed E-state index contributed by atoms with van der Waals surface area (Å²) in [4.78, 5) is 13.3. The van der Waals surface area contributed by atoms with Gasteiger partial charge in [-0.1, -0.05) is 12.1 Å². The highest BCUT2D eigenvalue weighted by atomic mass is 32.1. The maximum absolute atomic E-state index is 4.82. The van der Waals surface area contributed by atoms with Crippen molar-refractivity contribution in [2.24, 2.45) is 0 Å². The van der Waals surface area contributed by atoms with Crippen molar-refractivity contribution in [1.29, 1.82) is 0 Å². The summed E-state index contributed by atoms with van der Waals surface area (Å²) in [6, 6.07) is 18.4. The van der Waals surface area contributed by atoms with Crippen molar-refractivity contribution >= 4 is 27.4 Å². The number of hydrogen-bond donors (Lipinski definition) is 1. The zero-order valence-corrected chi connectivity index (χ0v) is 17.5. The highest BCUT2D eigenvalue weighted by Crippen LogP contribution is 2.29. The van der Waals surface area contributed by atoms with Gasteiger partial charge in [-0.2, -0.15) is 0 Å². The van der Waals surface area contributed by atoms with Crippen LogP contribution in [-0.4, -0.2) is 24.7 Å². The Bertz CT molecular complexity index is 1340. The quantitative estimate of drug-likeness (QED) is 0.431. The number of aryl methyl sites for hydroxylation is 2. The average molecular weight is 413 g/mol. The molecular weight excluding hydrogens is 392 g/mol. The van der Waals surface area contributed by atoms with Gasteiger partial charge in [0.15, 0.2) is 5.82 Å². The van der Waals surface area contributed by atoms with E-state index in [0.717, 1.165) is 44.5 Å². The number of nitrogens with zero attached hydrogens (tertiary/aromatic N) is 5. The molecule has 5 aromatic rings. The Labute approximate surface area is 178 Å². The molecule has 0 atom stereocenters. The molecule has 0 aliphatic rings. The Morgan fingerprint density at radius 1 is 0.967 bits per heavy atom. The Morgan fingerprint density at radius 2 is 1.90 bits per heavy atom. The van der Waals surface area contributed by atoms with Crippen molar-refractivity contribution in [3.63, 3.8) is 0 Å². The Balaban J connectivity index is 1.55. The Kier molecular flexibility index (Phi) is 4.72. The highest BCUT2D eigenvalue weighted by molar-refractivity contribution is 7.16. The summed E-state index contributed by atoms with van der Waals surface area (Å²) in [5.41, 5.74) is 8.06. The molecule has 0 spiro atoms. The normalized spacial score (nSPS) is 11.1. The van der Waals surface area contributed by atoms with Crippen LogP contribution in [0.5, 0.6) is 0 Å². The largest absolute Gasteiger partial charge is 0.364 e. The number of rotatable bonds is 5. The molecule has 7 heteroatoms. The summed E-state index contributed by atoms with van der Waals surface area (Å²) >= 11 is 1.64. The van der Waals surface area contributed by atoms with Crippen LogP contribution in [0.25, 0.3) is 27.3 Å². The standard InChI is InChI=1S/C23H20N6S/c1-15-4-3-5-23(27-15)29-20(18-6-7-19-21(11-18)30-14-26-19)12-22(28-29)25-13-17-8-9-24-16(2)10-17/h3-12,14H,13H2,1-2H3,(H,25,28). The fourth-order valence-electron chi connectivity index (χ4n) is 3.42. The molecular formula is C23H20N6S. The van der Waals surface area contributed by atoms with Crippen molar-refractivity contribution < 1.29 is 0 Å². The van der Waals surface area contributed by atoms with Crippen LogP contribution >= 0.6 is 11.3 Å². The number of nitrogens with one attached hydrogen (secondary N) is 1. The number of benzene rings is 1. The average Bonchev–Trinajstić information content (AvgIpc) is 3.39. The third-order valence-electron chi connectivity index (χ3n) is 4.86. The molecule has 4 aromatic heterocycles. The molecule has 30 heavy (non-hydrogen) atoms. The maximum Gasteiger partial charge on any atom is 0.154 e. The first-order chi connectivity index (χ1) is 14.7. The summed E-state index contributed by atoms with van der Waals surface area (Å²) in [5, 5.41) is 8.26. The zero-order chi connectivity index (χ0) is 20.5. The first kappa shape index (κ1) is 18.4. The van der Waals surface area contributed by atoms with Gasteiger partial charge < -0.3 is 5.32 Å². The van der Waals surface area contributed by atoms with Crippen LogP contribution in [0.1, 0.15) is 17.0 Å². The number of fused-ring (bicyclic) bond motifs is 1. The fourth-order valence-corrected chi connectivity index (χ4v) is 4.13. The van der Waals surface area contributed by atoms with Crippen molar-refractivity contribution in [2.75, 3.05) is 5.32 Å². The van der Waals surface area contributed by atoms with Crippen molar-refractivity contribution in [3.8, 4) is 17.1 Å². The van der Waals surface area contributed by atoms with Crippen LogP contribution in [-0.2, 0) is 6.54 Å². The van der Waals surface area contributed by atoms with Gasteiger partial charge in [0, 0.05) is 35.8 Å². The lowest BCUT2D eigenvalue weighted by Gasteiger charge is -2.07. The van der Waals surface area contributed by atoms with Crippen LogP contribution in [0.2, 0.25) is 0 Å². The smallest absolute Gasteiger partial charge is 0.154 e. The van der Waals surface area contributed by atoms with Gasteiger partial charge in [0.05, 0.1) is 21.4 Å². The van der Waals surface area contributed by atoms with Crippen LogP contribution in [0, 0.1) is 13.8 Å². The summed E-state index contributed by atoms with van der Waals surface area (Å²) < 4.78 is 3.05. The zero-order valence-electron chi connectivity index (χ0n) is 16.7. The van der Waals surface area contributed by atoms with Gasteiger partial charge in [0.1, 0.15) is 5.82 Å². The summed E-state index contributed by atoms with van der Waals surface area (Å²) in [6.07, 6.45) is 1.83. The first-order valence-electron chi connectivity index (χ1n) is 9.69. The lowest BCUT2D eigenvalue weighted by molar-refractivity contribution is 0.846. The molecule has 0 unspecified atom stereocenters. The van der Waals surface area contributed by atoms with E-state index < -0.39 is 0 Å². The molecule has 0 saturated heterocycles. The minimum atomic E-state index is 0.676. The third-order valence-corrected chi connectivity index (χ3v) is 5.65. The predicted molar refractivity (Wildman–Crippen MR) is 121 cm³/mol. The fraction of sp³-hybridized carbons (Fsp3) is 0.130. The second kappa shape index (κ2) is 7.68. The minimum Gasteiger partial charge on any atom is -0.364 e. The molecule has 0 bridgehead atoms. The minimum absolute atomic E-state index is 0.676. The lowest BCUT2D eigenvalue weighted by atomic mass is 10.1. The van der Waals surface area contributed by atoms with Crippen LogP contribution in [0.3, 0.4) is 0 Å². The van der Waals surface area contributed by atoms with E-state index in [-0.39, 0.29) is 0 Å². The van der Waals surface area contributed by atoms with Gasteiger partial charge in [-0.3, -0.25) is 4.98 Å². The maximum atomic E-state index is 4.82. The number of thiazole rings is 1. The molecule has 0 saturated carbocycles. The van der Waals surface area contributed by atoms with Crippen LogP contribution < -0.4 is 5.32 Å². The SMILES string of the molecule is Cc1cc(CNc2cc(-c3ccc4ncsc4c3)n(-c3cccc(C)n3)n2)ccn1. The molecule has 0 radical (unpaired) electrons. The summed E-state index contributed by atoms with van der Waals surface area (Å²) in [7, 11) is 0. The van der Waals surface area contributed by atoms with E-state index in [1.54, 1.807) is 11.3 Å². The van der Waals surface area contributed by atoms with Crippen LogP contribution in [0.4, 0.5) is 5.82 Å². The molecule has 0 amide bonds. The van der Waals surface area contributed by atoms with E-state index in [2.05, 4.69) is 50.6 Å². The van der Waals surface area contributed by atoms with Gasteiger partial charge in [0.2, 0.25) is 0 Å².